The second-order valence-corrected chi connectivity index (χ2v) is 8.95. The molecule has 1 amide bonds. The molecule has 2 rings (SSSR count). The molecule has 1 aliphatic rings. The van der Waals surface area contributed by atoms with E-state index < -0.39 is 5.60 Å². The van der Waals surface area contributed by atoms with Crippen LogP contribution in [-0.2, 0) is 4.74 Å². The van der Waals surface area contributed by atoms with Gasteiger partial charge >= 0.3 is 6.09 Å². The molecule has 1 aromatic heterocycles. The van der Waals surface area contributed by atoms with Gasteiger partial charge in [-0.25, -0.2) is 9.78 Å². The molecule has 2 heterocycles. The van der Waals surface area contributed by atoms with Crippen LogP contribution < -0.4 is 5.32 Å². The predicted octanol–water partition coefficient (Wildman–Crippen LogP) is 4.61. The highest BCUT2D eigenvalue weighted by molar-refractivity contribution is 7.07. The number of nitrogens with one attached hydrogen (secondary N) is 1. The summed E-state index contributed by atoms with van der Waals surface area (Å²) in [6.45, 7) is 12.7. The van der Waals surface area contributed by atoms with E-state index in [9.17, 15) is 4.79 Å². The van der Waals surface area contributed by atoms with Crippen molar-refractivity contribution in [2.75, 3.05) is 19.6 Å². The topological polar surface area (TPSA) is 54.5 Å². The maximum absolute atomic E-state index is 12.3. The molecule has 1 saturated heterocycles. The molecule has 1 atom stereocenters. The minimum absolute atomic E-state index is 0.179. The second-order valence-electron chi connectivity index (χ2n) is 8.23. The third-order valence-corrected chi connectivity index (χ3v) is 5.54. The first-order valence-electron chi connectivity index (χ1n) is 9.34. The SMILES string of the molecule is CCCC1(CNC(C)c2cscn2)CCN(C(=O)OC(C)(C)C)CC1. The molecular formula is C19H33N3O2S. The highest BCUT2D eigenvalue weighted by Crippen LogP contribution is 2.36. The number of thiazole rings is 1. The minimum Gasteiger partial charge on any atom is -0.444 e. The lowest BCUT2D eigenvalue weighted by Crippen LogP contribution is -2.48. The molecule has 0 bridgehead atoms. The van der Waals surface area contributed by atoms with Crippen molar-refractivity contribution in [1.82, 2.24) is 15.2 Å². The largest absolute Gasteiger partial charge is 0.444 e. The molecule has 0 aliphatic carbocycles. The normalized spacial score (nSPS) is 18.8. The Kier molecular flexibility index (Phi) is 6.86. The van der Waals surface area contributed by atoms with Gasteiger partial charge in [-0.05, 0) is 52.4 Å². The lowest BCUT2D eigenvalue weighted by atomic mass is 9.74. The summed E-state index contributed by atoms with van der Waals surface area (Å²) < 4.78 is 5.52. The Bertz CT molecular complexity index is 531. The lowest BCUT2D eigenvalue weighted by Gasteiger charge is -2.42. The van der Waals surface area contributed by atoms with E-state index in [4.69, 9.17) is 4.74 Å². The van der Waals surface area contributed by atoms with Crippen molar-refractivity contribution < 1.29 is 9.53 Å². The van der Waals surface area contributed by atoms with E-state index in [2.05, 4.69) is 29.5 Å². The Morgan fingerprint density at radius 3 is 2.64 bits per heavy atom. The minimum atomic E-state index is -0.431. The first kappa shape index (κ1) is 20.2. The highest BCUT2D eigenvalue weighted by atomic mass is 32.1. The number of amides is 1. The van der Waals surface area contributed by atoms with E-state index in [0.29, 0.717) is 0 Å². The standard InChI is InChI=1S/C19H33N3O2S/c1-6-7-19(13-20-15(2)16-12-25-14-21-16)8-10-22(11-9-19)17(23)24-18(3,4)5/h12,14-15,20H,6-11,13H2,1-5H3. The smallest absolute Gasteiger partial charge is 0.410 e. The summed E-state index contributed by atoms with van der Waals surface area (Å²) >= 11 is 1.64. The zero-order valence-corrected chi connectivity index (χ0v) is 17.1. The number of rotatable bonds is 6. The summed E-state index contributed by atoms with van der Waals surface area (Å²) in [5.74, 6) is 0. The van der Waals surface area contributed by atoms with Gasteiger partial charge in [0.25, 0.3) is 0 Å². The average molecular weight is 368 g/mol. The van der Waals surface area contributed by atoms with Crippen LogP contribution in [0.1, 0.15) is 72.0 Å². The molecule has 1 fully saturated rings. The van der Waals surface area contributed by atoms with Crippen LogP contribution in [0, 0.1) is 5.41 Å². The van der Waals surface area contributed by atoms with Gasteiger partial charge in [0.2, 0.25) is 0 Å². The molecule has 5 nitrogen and oxygen atoms in total. The fourth-order valence-corrected chi connectivity index (χ4v) is 4.09. The highest BCUT2D eigenvalue weighted by Gasteiger charge is 2.36. The van der Waals surface area contributed by atoms with Crippen molar-refractivity contribution in [3.05, 3.63) is 16.6 Å². The first-order valence-corrected chi connectivity index (χ1v) is 10.3. The van der Waals surface area contributed by atoms with Crippen LogP contribution in [0.5, 0.6) is 0 Å². The maximum atomic E-state index is 12.3. The third-order valence-electron chi connectivity index (χ3n) is 4.93. The Morgan fingerprint density at radius 2 is 2.12 bits per heavy atom. The van der Waals surface area contributed by atoms with Crippen molar-refractivity contribution in [3.63, 3.8) is 0 Å². The fraction of sp³-hybridized carbons (Fsp3) is 0.789. The zero-order chi connectivity index (χ0) is 18.5. The van der Waals surface area contributed by atoms with Crippen LogP contribution in [0.15, 0.2) is 10.9 Å². The number of carbonyl (C=O) groups is 1. The Hall–Kier alpha value is -1.14. The summed E-state index contributed by atoms with van der Waals surface area (Å²) in [6, 6.07) is 0.267. The number of ether oxygens (including phenoxy) is 1. The molecule has 6 heteroatoms. The van der Waals surface area contributed by atoms with E-state index >= 15 is 0 Å². The van der Waals surface area contributed by atoms with Crippen LogP contribution in [0.4, 0.5) is 4.79 Å². The molecule has 1 unspecified atom stereocenters. The molecule has 1 aliphatic heterocycles. The molecule has 142 valence electrons. The predicted molar refractivity (Wildman–Crippen MR) is 103 cm³/mol. The second kappa shape index (κ2) is 8.49. The van der Waals surface area contributed by atoms with E-state index in [1.807, 2.05) is 31.2 Å². The number of hydrogen-bond acceptors (Lipinski definition) is 5. The van der Waals surface area contributed by atoms with Crippen LogP contribution in [-0.4, -0.2) is 41.2 Å². The van der Waals surface area contributed by atoms with Crippen LogP contribution in [0.3, 0.4) is 0 Å². The Morgan fingerprint density at radius 1 is 1.44 bits per heavy atom. The van der Waals surface area contributed by atoms with Gasteiger partial charge in [0.1, 0.15) is 5.60 Å². The molecule has 25 heavy (non-hydrogen) atoms. The van der Waals surface area contributed by atoms with Crippen LogP contribution >= 0.6 is 11.3 Å². The summed E-state index contributed by atoms with van der Waals surface area (Å²) in [6.07, 6.45) is 4.22. The molecule has 0 spiro atoms. The van der Waals surface area contributed by atoms with Crippen molar-refractivity contribution >= 4 is 17.4 Å². The van der Waals surface area contributed by atoms with Gasteiger partial charge < -0.3 is 15.0 Å². The summed E-state index contributed by atoms with van der Waals surface area (Å²) in [7, 11) is 0. The number of likely N-dealkylation sites (tertiary alicyclic amines) is 1. The first-order chi connectivity index (χ1) is 11.7. The van der Waals surface area contributed by atoms with Gasteiger partial charge in [0.05, 0.1) is 11.2 Å². The molecule has 1 N–H and O–H groups in total. The quantitative estimate of drug-likeness (QED) is 0.797. The van der Waals surface area contributed by atoms with E-state index in [0.717, 1.165) is 38.2 Å². The fourth-order valence-electron chi connectivity index (χ4n) is 3.45. The maximum Gasteiger partial charge on any atom is 0.410 e. The van der Waals surface area contributed by atoms with Crippen molar-refractivity contribution in [3.8, 4) is 0 Å². The molecule has 0 aromatic carbocycles. The molecular weight excluding hydrogens is 334 g/mol. The van der Waals surface area contributed by atoms with Crippen LogP contribution in [0.25, 0.3) is 0 Å². The van der Waals surface area contributed by atoms with Crippen molar-refractivity contribution in [2.24, 2.45) is 5.41 Å². The Balaban J connectivity index is 1.90. The number of nitrogens with zero attached hydrogens (tertiary/aromatic N) is 2. The number of hydrogen-bond donors (Lipinski definition) is 1. The van der Waals surface area contributed by atoms with E-state index in [1.165, 1.54) is 12.8 Å². The molecule has 0 radical (unpaired) electrons. The van der Waals surface area contributed by atoms with Gasteiger partial charge in [0, 0.05) is 31.1 Å². The van der Waals surface area contributed by atoms with Gasteiger partial charge in [0.15, 0.2) is 0 Å². The van der Waals surface area contributed by atoms with Crippen LogP contribution in [0.2, 0.25) is 0 Å². The number of aromatic nitrogens is 1. The summed E-state index contributed by atoms with van der Waals surface area (Å²) in [5, 5.41) is 5.78. The lowest BCUT2D eigenvalue weighted by molar-refractivity contribution is 0.00849. The van der Waals surface area contributed by atoms with Gasteiger partial charge in [-0.3, -0.25) is 0 Å². The van der Waals surface area contributed by atoms with Crippen molar-refractivity contribution in [1.29, 1.82) is 0 Å². The van der Waals surface area contributed by atoms with Crippen molar-refractivity contribution in [2.45, 2.75) is 71.9 Å². The summed E-state index contributed by atoms with van der Waals surface area (Å²) in [4.78, 5) is 18.6. The zero-order valence-electron chi connectivity index (χ0n) is 16.3. The van der Waals surface area contributed by atoms with Gasteiger partial charge in [-0.1, -0.05) is 13.3 Å². The number of carbonyl (C=O) groups excluding carboxylic acids is 1. The molecule has 1 aromatic rings. The Labute approximate surface area is 156 Å². The van der Waals surface area contributed by atoms with E-state index in [-0.39, 0.29) is 17.6 Å². The average Bonchev–Trinajstić information content (AvgIpc) is 3.06. The number of piperidine rings is 1. The van der Waals surface area contributed by atoms with E-state index in [1.54, 1.807) is 11.3 Å². The summed E-state index contributed by atoms with van der Waals surface area (Å²) in [5.41, 5.74) is 2.83. The monoisotopic (exact) mass is 367 g/mol. The third kappa shape index (κ3) is 5.96. The van der Waals surface area contributed by atoms with Gasteiger partial charge in [-0.2, -0.15) is 0 Å². The molecule has 0 saturated carbocycles. The van der Waals surface area contributed by atoms with Gasteiger partial charge in [-0.15, -0.1) is 11.3 Å².